The van der Waals surface area contributed by atoms with Gasteiger partial charge in [0, 0.05) is 11.6 Å². The minimum absolute atomic E-state index is 0.145. The van der Waals surface area contributed by atoms with E-state index in [1.165, 1.54) is 38.5 Å². The summed E-state index contributed by atoms with van der Waals surface area (Å²) in [6, 6.07) is 8.01. The number of ether oxygens (including phenoxy) is 3. The monoisotopic (exact) mass is 332 g/mol. The van der Waals surface area contributed by atoms with E-state index in [9.17, 15) is 19.8 Å². The number of carbonyl (C=O) groups excluding carboxylic acids is 2. The highest BCUT2D eigenvalue weighted by molar-refractivity contribution is 6.00. The second-order valence-electron chi connectivity index (χ2n) is 4.77. The average molecular weight is 332 g/mol. The van der Waals surface area contributed by atoms with Gasteiger partial charge in [0.15, 0.2) is 23.9 Å². The zero-order chi connectivity index (χ0) is 17.7. The topological polar surface area (TPSA) is 102 Å². The number of phenols is 2. The van der Waals surface area contributed by atoms with Crippen LogP contribution in [0.15, 0.2) is 36.4 Å². The zero-order valence-electron chi connectivity index (χ0n) is 13.1. The number of rotatable bonds is 6. The van der Waals surface area contributed by atoms with Crippen LogP contribution >= 0.6 is 0 Å². The first kappa shape index (κ1) is 17.1. The summed E-state index contributed by atoms with van der Waals surface area (Å²) in [5, 5.41) is 18.8. The third kappa shape index (κ3) is 3.75. The Morgan fingerprint density at radius 2 is 1.67 bits per heavy atom. The van der Waals surface area contributed by atoms with E-state index >= 15 is 0 Å². The summed E-state index contributed by atoms with van der Waals surface area (Å²) in [5.41, 5.74) is 0.142. The van der Waals surface area contributed by atoms with Crippen LogP contribution in [0, 0.1) is 0 Å². The van der Waals surface area contributed by atoms with Crippen molar-refractivity contribution in [1.82, 2.24) is 0 Å². The fourth-order valence-corrected chi connectivity index (χ4v) is 1.99. The molecule has 24 heavy (non-hydrogen) atoms. The van der Waals surface area contributed by atoms with Gasteiger partial charge < -0.3 is 24.4 Å². The van der Waals surface area contributed by atoms with Crippen LogP contribution in [0.1, 0.15) is 20.7 Å². The van der Waals surface area contributed by atoms with E-state index in [-0.39, 0.29) is 16.9 Å². The van der Waals surface area contributed by atoms with Gasteiger partial charge in [-0.3, -0.25) is 4.79 Å². The predicted octanol–water partition coefficient (Wildman–Crippen LogP) is 2.15. The highest BCUT2D eigenvalue weighted by Crippen LogP contribution is 2.28. The SMILES string of the molecule is COc1ccc(C(=O)COC(=O)c2ccc(O)cc2O)cc1OC. The lowest BCUT2D eigenvalue weighted by molar-refractivity contribution is 0.0471. The molecule has 2 aromatic carbocycles. The molecule has 0 atom stereocenters. The number of ketones is 1. The molecule has 0 heterocycles. The van der Waals surface area contributed by atoms with E-state index in [2.05, 4.69) is 0 Å². The van der Waals surface area contributed by atoms with Gasteiger partial charge in [-0.05, 0) is 30.3 Å². The fraction of sp³-hybridized carbons (Fsp3) is 0.176. The van der Waals surface area contributed by atoms with Crippen LogP contribution in [0.4, 0.5) is 0 Å². The molecule has 0 spiro atoms. The van der Waals surface area contributed by atoms with Gasteiger partial charge in [-0.25, -0.2) is 4.79 Å². The lowest BCUT2D eigenvalue weighted by Crippen LogP contribution is -2.14. The van der Waals surface area contributed by atoms with E-state index < -0.39 is 24.1 Å². The number of carbonyl (C=O) groups is 2. The molecular formula is C17H16O7. The number of hydrogen-bond acceptors (Lipinski definition) is 7. The van der Waals surface area contributed by atoms with Crippen molar-refractivity contribution in [3.05, 3.63) is 47.5 Å². The lowest BCUT2D eigenvalue weighted by Gasteiger charge is -2.09. The van der Waals surface area contributed by atoms with Crippen molar-refractivity contribution in [3.8, 4) is 23.0 Å². The first-order valence-electron chi connectivity index (χ1n) is 6.90. The Labute approximate surface area is 138 Å². The van der Waals surface area contributed by atoms with Crippen molar-refractivity contribution < 1.29 is 34.0 Å². The van der Waals surface area contributed by atoms with Crippen LogP contribution < -0.4 is 9.47 Å². The second kappa shape index (κ2) is 7.36. The molecule has 7 nitrogen and oxygen atoms in total. The van der Waals surface area contributed by atoms with Gasteiger partial charge in [0.2, 0.25) is 0 Å². The first-order valence-corrected chi connectivity index (χ1v) is 6.90. The third-order valence-electron chi connectivity index (χ3n) is 3.24. The summed E-state index contributed by atoms with van der Waals surface area (Å²) < 4.78 is 15.1. The van der Waals surface area contributed by atoms with Crippen LogP contribution in [0.2, 0.25) is 0 Å². The van der Waals surface area contributed by atoms with Crippen molar-refractivity contribution in [2.45, 2.75) is 0 Å². The molecule has 0 aliphatic heterocycles. The Balaban J connectivity index is 2.06. The molecule has 0 radical (unpaired) electrons. The molecule has 0 saturated heterocycles. The summed E-state index contributed by atoms with van der Waals surface area (Å²) in [7, 11) is 2.92. The fourth-order valence-electron chi connectivity index (χ4n) is 1.99. The number of hydrogen-bond donors (Lipinski definition) is 2. The summed E-state index contributed by atoms with van der Waals surface area (Å²) in [4.78, 5) is 24.0. The molecule has 2 N–H and O–H groups in total. The third-order valence-corrected chi connectivity index (χ3v) is 3.24. The van der Waals surface area contributed by atoms with Crippen LogP contribution in [0.25, 0.3) is 0 Å². The number of aromatic hydroxyl groups is 2. The summed E-state index contributed by atoms with van der Waals surface area (Å²) >= 11 is 0. The summed E-state index contributed by atoms with van der Waals surface area (Å²) in [6.07, 6.45) is 0. The minimum atomic E-state index is -0.874. The standard InChI is InChI=1S/C17H16O7/c1-22-15-6-3-10(7-16(15)23-2)14(20)9-24-17(21)12-5-4-11(18)8-13(12)19/h3-8,18-19H,9H2,1-2H3. The molecule has 0 aromatic heterocycles. The normalized spacial score (nSPS) is 10.1. The van der Waals surface area contributed by atoms with Crippen molar-refractivity contribution in [3.63, 3.8) is 0 Å². The smallest absolute Gasteiger partial charge is 0.342 e. The number of phenolic OH excluding ortho intramolecular Hbond substituents is 2. The van der Waals surface area contributed by atoms with Gasteiger partial charge in [0.25, 0.3) is 0 Å². The first-order chi connectivity index (χ1) is 11.5. The van der Waals surface area contributed by atoms with Crippen molar-refractivity contribution in [2.75, 3.05) is 20.8 Å². The Kier molecular flexibility index (Phi) is 5.26. The molecule has 0 fully saturated rings. The van der Waals surface area contributed by atoms with Gasteiger partial charge >= 0.3 is 5.97 Å². The van der Waals surface area contributed by atoms with Crippen LogP contribution in [0.3, 0.4) is 0 Å². The highest BCUT2D eigenvalue weighted by Gasteiger charge is 2.16. The van der Waals surface area contributed by atoms with Crippen molar-refractivity contribution in [1.29, 1.82) is 0 Å². The van der Waals surface area contributed by atoms with E-state index in [0.717, 1.165) is 6.07 Å². The number of benzene rings is 2. The van der Waals surface area contributed by atoms with E-state index in [1.54, 1.807) is 6.07 Å². The molecule has 0 amide bonds. The quantitative estimate of drug-likeness (QED) is 0.617. The maximum absolute atomic E-state index is 12.1. The van der Waals surface area contributed by atoms with E-state index in [1.807, 2.05) is 0 Å². The molecule has 0 bridgehead atoms. The maximum Gasteiger partial charge on any atom is 0.342 e. The number of esters is 1. The Morgan fingerprint density at radius 1 is 0.958 bits per heavy atom. The van der Waals surface area contributed by atoms with Gasteiger partial charge in [-0.15, -0.1) is 0 Å². The van der Waals surface area contributed by atoms with Crippen molar-refractivity contribution in [2.24, 2.45) is 0 Å². The second-order valence-corrected chi connectivity index (χ2v) is 4.77. The molecule has 0 aliphatic rings. The largest absolute Gasteiger partial charge is 0.508 e. The van der Waals surface area contributed by atoms with Gasteiger partial charge in [-0.1, -0.05) is 0 Å². The predicted molar refractivity (Wildman–Crippen MR) is 83.9 cm³/mol. The van der Waals surface area contributed by atoms with Gasteiger partial charge in [0.05, 0.1) is 14.2 Å². The van der Waals surface area contributed by atoms with Gasteiger partial charge in [0.1, 0.15) is 17.1 Å². The maximum atomic E-state index is 12.1. The summed E-state index contributed by atoms with van der Waals surface area (Å²) in [5.74, 6) is -1.08. The van der Waals surface area contributed by atoms with Crippen molar-refractivity contribution >= 4 is 11.8 Å². The average Bonchev–Trinajstić information content (AvgIpc) is 2.58. The number of methoxy groups -OCH3 is 2. The molecule has 2 aromatic rings. The molecular weight excluding hydrogens is 316 g/mol. The Hall–Kier alpha value is -3.22. The number of Topliss-reactive ketones (excluding diaryl/α,β-unsaturated/α-hetero) is 1. The summed E-state index contributed by atoms with van der Waals surface area (Å²) in [6.45, 7) is -0.505. The van der Waals surface area contributed by atoms with Crippen LogP contribution in [-0.2, 0) is 4.74 Å². The molecule has 2 rings (SSSR count). The highest BCUT2D eigenvalue weighted by atomic mass is 16.5. The molecule has 0 saturated carbocycles. The van der Waals surface area contributed by atoms with Gasteiger partial charge in [-0.2, -0.15) is 0 Å². The van der Waals surface area contributed by atoms with Crippen LogP contribution in [-0.4, -0.2) is 42.8 Å². The Bertz CT molecular complexity index is 768. The molecule has 0 aliphatic carbocycles. The molecule has 126 valence electrons. The molecule has 0 unspecified atom stereocenters. The van der Waals surface area contributed by atoms with Crippen LogP contribution in [0.5, 0.6) is 23.0 Å². The zero-order valence-corrected chi connectivity index (χ0v) is 13.1. The molecule has 7 heteroatoms. The lowest BCUT2D eigenvalue weighted by atomic mass is 10.1. The minimum Gasteiger partial charge on any atom is -0.508 e. The Morgan fingerprint density at radius 3 is 2.29 bits per heavy atom. The van der Waals surface area contributed by atoms with E-state index in [4.69, 9.17) is 14.2 Å². The van der Waals surface area contributed by atoms with E-state index in [0.29, 0.717) is 11.5 Å².